The highest BCUT2D eigenvalue weighted by molar-refractivity contribution is 5.08. The Morgan fingerprint density at radius 2 is 2.22 bits per heavy atom. The van der Waals surface area contributed by atoms with Gasteiger partial charge in [-0.15, -0.1) is 6.42 Å². The van der Waals surface area contributed by atoms with E-state index < -0.39 is 0 Å². The standard InChI is InChI=1S/C8H12O/c1-2-3-4-5-6-7-8-9/h1,3-4,9H,5-8H2. The second kappa shape index (κ2) is 7.26. The summed E-state index contributed by atoms with van der Waals surface area (Å²) in [7, 11) is 0. The van der Waals surface area contributed by atoms with Crippen molar-refractivity contribution >= 4 is 0 Å². The lowest BCUT2D eigenvalue weighted by atomic mass is 10.2. The Morgan fingerprint density at radius 1 is 1.44 bits per heavy atom. The molecule has 0 unspecified atom stereocenters. The normalized spacial score (nSPS) is 9.78. The van der Waals surface area contributed by atoms with Gasteiger partial charge in [-0.1, -0.05) is 12.0 Å². The van der Waals surface area contributed by atoms with Crippen LogP contribution < -0.4 is 0 Å². The molecule has 1 nitrogen and oxygen atoms in total. The van der Waals surface area contributed by atoms with E-state index in [0.29, 0.717) is 0 Å². The van der Waals surface area contributed by atoms with E-state index in [1.807, 2.05) is 6.08 Å². The second-order valence-corrected chi connectivity index (χ2v) is 1.79. The van der Waals surface area contributed by atoms with Gasteiger partial charge in [0.1, 0.15) is 0 Å². The van der Waals surface area contributed by atoms with Gasteiger partial charge >= 0.3 is 0 Å². The van der Waals surface area contributed by atoms with Crippen LogP contribution in [-0.2, 0) is 0 Å². The molecular weight excluding hydrogens is 112 g/mol. The fourth-order valence-corrected chi connectivity index (χ4v) is 0.525. The smallest absolute Gasteiger partial charge is 0.0431 e. The number of hydrogen-bond acceptors (Lipinski definition) is 1. The summed E-state index contributed by atoms with van der Waals surface area (Å²) in [5.74, 6) is 2.40. The Hall–Kier alpha value is -0.740. The molecule has 0 aliphatic carbocycles. The van der Waals surface area contributed by atoms with Gasteiger partial charge in [0, 0.05) is 6.61 Å². The van der Waals surface area contributed by atoms with Crippen LogP contribution in [0, 0.1) is 12.3 Å². The molecule has 0 aromatic rings. The van der Waals surface area contributed by atoms with Crippen molar-refractivity contribution < 1.29 is 5.11 Å². The van der Waals surface area contributed by atoms with Crippen molar-refractivity contribution in [2.75, 3.05) is 6.61 Å². The Labute approximate surface area is 56.4 Å². The van der Waals surface area contributed by atoms with Crippen molar-refractivity contribution in [3.63, 3.8) is 0 Å². The zero-order chi connectivity index (χ0) is 6.95. The molecule has 0 atom stereocenters. The van der Waals surface area contributed by atoms with E-state index in [9.17, 15) is 0 Å². The van der Waals surface area contributed by atoms with Gasteiger partial charge in [0.15, 0.2) is 0 Å². The van der Waals surface area contributed by atoms with Crippen LogP contribution in [0.5, 0.6) is 0 Å². The Morgan fingerprint density at radius 3 is 2.78 bits per heavy atom. The quantitative estimate of drug-likeness (QED) is 0.443. The van der Waals surface area contributed by atoms with Gasteiger partial charge in [0.05, 0.1) is 0 Å². The summed E-state index contributed by atoms with van der Waals surface area (Å²) < 4.78 is 0. The first kappa shape index (κ1) is 8.26. The van der Waals surface area contributed by atoms with Gasteiger partial charge in [-0.05, 0) is 25.3 Å². The van der Waals surface area contributed by atoms with Gasteiger partial charge < -0.3 is 5.11 Å². The number of allylic oxidation sites excluding steroid dienone is 2. The van der Waals surface area contributed by atoms with Crippen LogP contribution in [0.1, 0.15) is 19.3 Å². The highest BCUT2D eigenvalue weighted by Gasteiger charge is 1.79. The maximum absolute atomic E-state index is 8.36. The highest BCUT2D eigenvalue weighted by Crippen LogP contribution is 1.94. The minimum atomic E-state index is 0.282. The van der Waals surface area contributed by atoms with E-state index in [2.05, 4.69) is 5.92 Å². The Bertz CT molecular complexity index is 108. The van der Waals surface area contributed by atoms with Crippen LogP contribution in [0.3, 0.4) is 0 Å². The number of terminal acetylenes is 1. The maximum Gasteiger partial charge on any atom is 0.0431 e. The number of aliphatic hydroxyl groups is 1. The van der Waals surface area contributed by atoms with Crippen LogP contribution in [0.2, 0.25) is 0 Å². The molecule has 1 N–H and O–H groups in total. The summed E-state index contributed by atoms with van der Waals surface area (Å²) in [5.41, 5.74) is 0. The number of rotatable bonds is 4. The molecule has 0 aromatic heterocycles. The van der Waals surface area contributed by atoms with Gasteiger partial charge in [-0.25, -0.2) is 0 Å². The first-order chi connectivity index (χ1) is 4.41. The Balaban J connectivity index is 2.93. The van der Waals surface area contributed by atoms with E-state index >= 15 is 0 Å². The molecule has 0 fully saturated rings. The molecule has 9 heavy (non-hydrogen) atoms. The molecule has 0 aliphatic heterocycles. The summed E-state index contributed by atoms with van der Waals surface area (Å²) in [6.45, 7) is 0.282. The summed E-state index contributed by atoms with van der Waals surface area (Å²) in [6.07, 6.45) is 11.5. The average Bonchev–Trinajstić information content (AvgIpc) is 1.89. The van der Waals surface area contributed by atoms with Crippen LogP contribution in [-0.4, -0.2) is 11.7 Å². The molecule has 0 radical (unpaired) electrons. The molecular formula is C8H12O. The van der Waals surface area contributed by atoms with Crippen LogP contribution in [0.25, 0.3) is 0 Å². The van der Waals surface area contributed by atoms with E-state index in [4.69, 9.17) is 11.5 Å². The zero-order valence-corrected chi connectivity index (χ0v) is 5.51. The minimum absolute atomic E-state index is 0.282. The molecule has 0 heterocycles. The molecule has 50 valence electrons. The van der Waals surface area contributed by atoms with Crippen LogP contribution in [0.15, 0.2) is 12.2 Å². The topological polar surface area (TPSA) is 20.2 Å². The highest BCUT2D eigenvalue weighted by atomic mass is 16.2. The third-order valence-electron chi connectivity index (χ3n) is 0.993. The largest absolute Gasteiger partial charge is 0.396 e. The molecule has 0 bridgehead atoms. The predicted octanol–water partition coefficient (Wildman–Crippen LogP) is 1.34. The lowest BCUT2D eigenvalue weighted by Gasteiger charge is -1.88. The molecule has 1 heteroatoms. The van der Waals surface area contributed by atoms with Crippen molar-refractivity contribution in [1.82, 2.24) is 0 Å². The van der Waals surface area contributed by atoms with E-state index in [-0.39, 0.29) is 6.61 Å². The van der Waals surface area contributed by atoms with E-state index in [0.717, 1.165) is 19.3 Å². The van der Waals surface area contributed by atoms with Gasteiger partial charge in [0.25, 0.3) is 0 Å². The number of hydrogen-bond donors (Lipinski definition) is 1. The SMILES string of the molecule is C#CC=CCCCCO. The molecule has 0 amide bonds. The minimum Gasteiger partial charge on any atom is -0.396 e. The van der Waals surface area contributed by atoms with E-state index in [1.54, 1.807) is 6.08 Å². The van der Waals surface area contributed by atoms with Crippen LogP contribution in [0.4, 0.5) is 0 Å². The van der Waals surface area contributed by atoms with Gasteiger partial charge in [0.2, 0.25) is 0 Å². The lowest BCUT2D eigenvalue weighted by molar-refractivity contribution is 0.285. The van der Waals surface area contributed by atoms with Crippen molar-refractivity contribution in [3.05, 3.63) is 12.2 Å². The van der Waals surface area contributed by atoms with Crippen molar-refractivity contribution in [2.45, 2.75) is 19.3 Å². The number of aliphatic hydroxyl groups excluding tert-OH is 1. The first-order valence-electron chi connectivity index (χ1n) is 3.14. The average molecular weight is 124 g/mol. The molecule has 0 saturated heterocycles. The van der Waals surface area contributed by atoms with Crippen molar-refractivity contribution in [1.29, 1.82) is 0 Å². The van der Waals surface area contributed by atoms with Crippen molar-refractivity contribution in [3.8, 4) is 12.3 Å². The van der Waals surface area contributed by atoms with Gasteiger partial charge in [-0.3, -0.25) is 0 Å². The number of unbranched alkanes of at least 4 members (excludes halogenated alkanes) is 2. The zero-order valence-electron chi connectivity index (χ0n) is 5.51. The Kier molecular flexibility index (Phi) is 6.66. The van der Waals surface area contributed by atoms with Crippen molar-refractivity contribution in [2.24, 2.45) is 0 Å². The van der Waals surface area contributed by atoms with Crippen LogP contribution >= 0.6 is 0 Å². The summed E-state index contributed by atoms with van der Waals surface area (Å²) in [5, 5.41) is 8.36. The first-order valence-corrected chi connectivity index (χ1v) is 3.14. The fraction of sp³-hybridized carbons (Fsp3) is 0.500. The monoisotopic (exact) mass is 124 g/mol. The molecule has 0 aliphatic rings. The third kappa shape index (κ3) is 7.26. The summed E-state index contributed by atoms with van der Waals surface area (Å²) in [6, 6.07) is 0. The molecule has 0 spiro atoms. The maximum atomic E-state index is 8.36. The predicted molar refractivity (Wildman–Crippen MR) is 38.9 cm³/mol. The lowest BCUT2D eigenvalue weighted by Crippen LogP contribution is -1.79. The van der Waals surface area contributed by atoms with E-state index in [1.165, 1.54) is 0 Å². The third-order valence-corrected chi connectivity index (χ3v) is 0.993. The summed E-state index contributed by atoms with van der Waals surface area (Å²) in [4.78, 5) is 0. The molecule has 0 saturated carbocycles. The second-order valence-electron chi connectivity index (χ2n) is 1.79. The molecule has 0 aromatic carbocycles. The molecule has 0 rings (SSSR count). The summed E-state index contributed by atoms with van der Waals surface area (Å²) >= 11 is 0. The van der Waals surface area contributed by atoms with Gasteiger partial charge in [-0.2, -0.15) is 0 Å². The fourth-order valence-electron chi connectivity index (χ4n) is 0.525.